The summed E-state index contributed by atoms with van der Waals surface area (Å²) in [5.41, 5.74) is 0. The van der Waals surface area contributed by atoms with E-state index in [0.29, 0.717) is 23.5 Å². The Morgan fingerprint density at radius 2 is 2.13 bits per heavy atom. The lowest BCUT2D eigenvalue weighted by atomic mass is 9.75. The lowest BCUT2D eigenvalue weighted by molar-refractivity contribution is -0.152. The number of nitrogens with zero attached hydrogens (tertiary/aromatic N) is 3. The number of thioether (sulfide) groups is 1. The number of rotatable bonds is 6. The third kappa shape index (κ3) is 4.96. The van der Waals surface area contributed by atoms with Gasteiger partial charge in [-0.2, -0.15) is 0 Å². The van der Waals surface area contributed by atoms with Gasteiger partial charge in [-0.15, -0.1) is 10.2 Å². The standard InChI is InChI=1S/C17H29N3O2S/c1-11(2)14-7-6-13(5)8-15(14)22-16(21)9-23-17-19-18-10-20(17)12(3)4/h10-15H,6-9H2,1-5H3. The number of aromatic nitrogens is 3. The molecule has 5 nitrogen and oxygen atoms in total. The number of carbonyl (C=O) groups is 1. The van der Waals surface area contributed by atoms with Crippen LogP contribution >= 0.6 is 11.8 Å². The molecule has 0 spiro atoms. The minimum absolute atomic E-state index is 0.0646. The van der Waals surface area contributed by atoms with E-state index in [2.05, 4.69) is 44.8 Å². The van der Waals surface area contributed by atoms with Gasteiger partial charge in [-0.05, 0) is 44.4 Å². The zero-order valence-corrected chi connectivity index (χ0v) is 15.7. The molecular formula is C17H29N3O2S. The lowest BCUT2D eigenvalue weighted by Gasteiger charge is -2.36. The van der Waals surface area contributed by atoms with Crippen LogP contribution in [0.15, 0.2) is 11.5 Å². The van der Waals surface area contributed by atoms with Gasteiger partial charge >= 0.3 is 5.97 Å². The fourth-order valence-corrected chi connectivity index (χ4v) is 4.09. The Kier molecular flexibility index (Phi) is 6.50. The molecule has 0 bridgehead atoms. The minimum atomic E-state index is -0.141. The van der Waals surface area contributed by atoms with Crippen molar-refractivity contribution >= 4 is 17.7 Å². The van der Waals surface area contributed by atoms with Crippen LogP contribution in [-0.4, -0.2) is 32.6 Å². The third-order valence-electron chi connectivity index (χ3n) is 4.66. The average Bonchev–Trinajstić information content (AvgIpc) is 2.93. The van der Waals surface area contributed by atoms with E-state index in [-0.39, 0.29) is 18.1 Å². The summed E-state index contributed by atoms with van der Waals surface area (Å²) in [6.07, 6.45) is 5.15. The quantitative estimate of drug-likeness (QED) is 0.580. The molecule has 0 radical (unpaired) electrons. The van der Waals surface area contributed by atoms with Gasteiger partial charge in [0, 0.05) is 6.04 Å². The second-order valence-corrected chi connectivity index (χ2v) is 8.20. The highest BCUT2D eigenvalue weighted by atomic mass is 32.2. The van der Waals surface area contributed by atoms with Crippen molar-refractivity contribution < 1.29 is 9.53 Å². The van der Waals surface area contributed by atoms with Crippen LogP contribution in [0.1, 0.15) is 59.9 Å². The van der Waals surface area contributed by atoms with Gasteiger partial charge in [0.15, 0.2) is 5.16 Å². The van der Waals surface area contributed by atoms with Gasteiger partial charge in [-0.3, -0.25) is 4.79 Å². The molecule has 1 aromatic heterocycles. The first-order valence-corrected chi connectivity index (χ1v) is 9.58. The molecule has 1 aliphatic rings. The predicted octanol–water partition coefficient (Wildman–Crippen LogP) is 3.96. The lowest BCUT2D eigenvalue weighted by Crippen LogP contribution is -2.36. The Hall–Kier alpha value is -1.04. The maximum atomic E-state index is 12.3. The molecule has 2 rings (SSSR count). The normalized spacial score (nSPS) is 25.1. The maximum Gasteiger partial charge on any atom is 0.316 e. The molecule has 130 valence electrons. The summed E-state index contributed by atoms with van der Waals surface area (Å²) in [5, 5.41) is 8.77. The topological polar surface area (TPSA) is 57.0 Å². The van der Waals surface area contributed by atoms with Crippen molar-refractivity contribution in [2.24, 2.45) is 17.8 Å². The van der Waals surface area contributed by atoms with Gasteiger partial charge in [-0.1, -0.05) is 39.0 Å². The predicted molar refractivity (Wildman–Crippen MR) is 92.4 cm³/mol. The highest BCUT2D eigenvalue weighted by Gasteiger charge is 2.33. The summed E-state index contributed by atoms with van der Waals surface area (Å²) in [7, 11) is 0. The molecule has 1 aromatic rings. The van der Waals surface area contributed by atoms with Gasteiger partial charge in [0.25, 0.3) is 0 Å². The molecule has 1 heterocycles. The fourth-order valence-electron chi connectivity index (χ4n) is 3.27. The van der Waals surface area contributed by atoms with Crippen LogP contribution < -0.4 is 0 Å². The first-order chi connectivity index (χ1) is 10.9. The van der Waals surface area contributed by atoms with Crippen molar-refractivity contribution in [1.29, 1.82) is 0 Å². The van der Waals surface area contributed by atoms with E-state index >= 15 is 0 Å². The number of hydrogen-bond acceptors (Lipinski definition) is 5. The van der Waals surface area contributed by atoms with Gasteiger partial charge < -0.3 is 9.30 Å². The van der Waals surface area contributed by atoms with Crippen LogP contribution in [0.2, 0.25) is 0 Å². The Morgan fingerprint density at radius 3 is 2.78 bits per heavy atom. The molecule has 23 heavy (non-hydrogen) atoms. The molecule has 1 aliphatic carbocycles. The number of hydrogen-bond donors (Lipinski definition) is 0. The average molecular weight is 340 g/mol. The number of carbonyl (C=O) groups excluding carboxylic acids is 1. The molecule has 3 atom stereocenters. The summed E-state index contributed by atoms with van der Waals surface area (Å²) in [4.78, 5) is 12.3. The smallest absolute Gasteiger partial charge is 0.316 e. The molecule has 0 aliphatic heterocycles. The summed E-state index contributed by atoms with van der Waals surface area (Å²) in [5.74, 6) is 1.83. The van der Waals surface area contributed by atoms with Crippen molar-refractivity contribution in [3.05, 3.63) is 6.33 Å². The molecular weight excluding hydrogens is 310 g/mol. The van der Waals surface area contributed by atoms with E-state index in [1.165, 1.54) is 18.2 Å². The van der Waals surface area contributed by atoms with E-state index in [1.807, 2.05) is 4.57 Å². The summed E-state index contributed by atoms with van der Waals surface area (Å²) in [6.45, 7) is 10.8. The zero-order valence-electron chi connectivity index (χ0n) is 14.9. The number of ether oxygens (including phenoxy) is 1. The molecule has 6 heteroatoms. The van der Waals surface area contributed by atoms with E-state index in [4.69, 9.17) is 4.74 Å². The molecule has 1 fully saturated rings. The van der Waals surface area contributed by atoms with Crippen molar-refractivity contribution in [1.82, 2.24) is 14.8 Å². The van der Waals surface area contributed by atoms with Crippen LogP contribution in [0.5, 0.6) is 0 Å². The summed E-state index contributed by atoms with van der Waals surface area (Å²) >= 11 is 1.40. The van der Waals surface area contributed by atoms with E-state index in [0.717, 1.165) is 18.0 Å². The largest absolute Gasteiger partial charge is 0.461 e. The van der Waals surface area contributed by atoms with Gasteiger partial charge in [0.1, 0.15) is 12.4 Å². The highest BCUT2D eigenvalue weighted by Crippen LogP contribution is 2.35. The van der Waals surface area contributed by atoms with Crippen LogP contribution in [0.25, 0.3) is 0 Å². The third-order valence-corrected chi connectivity index (χ3v) is 5.59. The molecule has 0 N–H and O–H groups in total. The van der Waals surface area contributed by atoms with E-state index in [1.54, 1.807) is 6.33 Å². The molecule has 1 saturated carbocycles. The Morgan fingerprint density at radius 1 is 1.39 bits per heavy atom. The van der Waals surface area contributed by atoms with Crippen LogP contribution in [-0.2, 0) is 9.53 Å². The van der Waals surface area contributed by atoms with Crippen molar-refractivity contribution in [3.63, 3.8) is 0 Å². The zero-order chi connectivity index (χ0) is 17.0. The Balaban J connectivity index is 1.89. The molecule has 0 saturated heterocycles. The molecule has 3 unspecified atom stereocenters. The Bertz CT molecular complexity index is 516. The number of esters is 1. The van der Waals surface area contributed by atoms with Crippen LogP contribution in [0.3, 0.4) is 0 Å². The minimum Gasteiger partial charge on any atom is -0.461 e. The fraction of sp³-hybridized carbons (Fsp3) is 0.824. The Labute approximate surface area is 143 Å². The SMILES string of the molecule is CC1CCC(C(C)C)C(OC(=O)CSc2nncn2C(C)C)C1. The first-order valence-electron chi connectivity index (χ1n) is 8.60. The monoisotopic (exact) mass is 339 g/mol. The van der Waals surface area contributed by atoms with Crippen molar-refractivity contribution in [2.75, 3.05) is 5.75 Å². The van der Waals surface area contributed by atoms with E-state index in [9.17, 15) is 4.79 Å². The summed E-state index contributed by atoms with van der Waals surface area (Å²) in [6, 6.07) is 0.285. The van der Waals surface area contributed by atoms with Gasteiger partial charge in [0.2, 0.25) is 0 Å². The first kappa shape index (κ1) is 18.3. The van der Waals surface area contributed by atoms with Crippen LogP contribution in [0, 0.1) is 17.8 Å². The van der Waals surface area contributed by atoms with Gasteiger partial charge in [0.05, 0.1) is 5.75 Å². The maximum absolute atomic E-state index is 12.3. The second kappa shape index (κ2) is 8.18. The van der Waals surface area contributed by atoms with Crippen molar-refractivity contribution in [2.45, 2.75) is 71.2 Å². The van der Waals surface area contributed by atoms with Crippen molar-refractivity contribution in [3.8, 4) is 0 Å². The highest BCUT2D eigenvalue weighted by molar-refractivity contribution is 7.99. The van der Waals surface area contributed by atoms with Gasteiger partial charge in [-0.25, -0.2) is 0 Å². The van der Waals surface area contributed by atoms with E-state index < -0.39 is 0 Å². The summed E-state index contributed by atoms with van der Waals surface area (Å²) < 4.78 is 7.79. The van der Waals surface area contributed by atoms with Crippen LogP contribution in [0.4, 0.5) is 0 Å². The molecule has 0 amide bonds. The molecule has 0 aromatic carbocycles. The second-order valence-electron chi connectivity index (χ2n) is 7.26.